The first kappa shape index (κ1) is 13.4. The highest BCUT2D eigenvalue weighted by atomic mass is 79.9. The maximum absolute atomic E-state index is 9.26. The van der Waals surface area contributed by atoms with Crippen LogP contribution in [0, 0.1) is 0 Å². The fraction of sp³-hybridized carbons (Fsp3) is 0.143. The smallest absolute Gasteiger partial charge is 0.139 e. The Bertz CT molecular complexity index is 543. The van der Waals surface area contributed by atoms with Crippen LogP contribution in [-0.4, -0.2) is 5.11 Å². The highest BCUT2D eigenvalue weighted by molar-refractivity contribution is 9.10. The summed E-state index contributed by atoms with van der Waals surface area (Å²) >= 11 is 9.33. The van der Waals surface area contributed by atoms with Gasteiger partial charge in [0.1, 0.15) is 12.4 Å². The molecule has 4 heteroatoms. The van der Waals surface area contributed by atoms with Crippen LogP contribution in [0.3, 0.4) is 0 Å². The maximum Gasteiger partial charge on any atom is 0.139 e. The third-order valence-corrected chi connectivity index (χ3v) is 3.35. The van der Waals surface area contributed by atoms with E-state index in [0.29, 0.717) is 17.4 Å². The summed E-state index contributed by atoms with van der Waals surface area (Å²) in [6.07, 6.45) is 0. The number of ether oxygens (including phenoxy) is 1. The molecule has 0 fully saturated rings. The van der Waals surface area contributed by atoms with Crippen molar-refractivity contribution in [3.8, 4) is 5.75 Å². The SMILES string of the molecule is OCc1cccc(Br)c1OCc1cccc(Cl)c1. The Morgan fingerprint density at radius 3 is 2.67 bits per heavy atom. The molecule has 0 radical (unpaired) electrons. The molecule has 0 saturated heterocycles. The van der Waals surface area contributed by atoms with Crippen molar-refractivity contribution in [2.75, 3.05) is 0 Å². The standard InChI is InChI=1S/C14H12BrClO2/c15-13-6-2-4-11(8-17)14(13)18-9-10-3-1-5-12(16)7-10/h1-7,17H,8-9H2. The van der Waals surface area contributed by atoms with Crippen LogP contribution in [0.5, 0.6) is 5.75 Å². The summed E-state index contributed by atoms with van der Waals surface area (Å²) in [4.78, 5) is 0. The van der Waals surface area contributed by atoms with Gasteiger partial charge in [-0.3, -0.25) is 0 Å². The lowest BCUT2D eigenvalue weighted by Crippen LogP contribution is -1.99. The summed E-state index contributed by atoms with van der Waals surface area (Å²) in [5, 5.41) is 9.95. The third-order valence-electron chi connectivity index (χ3n) is 2.49. The van der Waals surface area contributed by atoms with Crippen molar-refractivity contribution >= 4 is 27.5 Å². The second-order valence-corrected chi connectivity index (χ2v) is 5.10. The Balaban J connectivity index is 2.15. The van der Waals surface area contributed by atoms with Crippen LogP contribution in [0.1, 0.15) is 11.1 Å². The second kappa shape index (κ2) is 6.23. The Hall–Kier alpha value is -1.03. The normalized spacial score (nSPS) is 10.4. The molecular weight excluding hydrogens is 316 g/mol. The number of para-hydroxylation sites is 1. The summed E-state index contributed by atoms with van der Waals surface area (Å²) in [6.45, 7) is 0.362. The molecule has 94 valence electrons. The molecule has 2 aromatic carbocycles. The molecule has 0 aliphatic carbocycles. The third kappa shape index (κ3) is 3.25. The lowest BCUT2D eigenvalue weighted by Gasteiger charge is -2.12. The quantitative estimate of drug-likeness (QED) is 0.913. The van der Waals surface area contributed by atoms with Crippen molar-refractivity contribution in [3.05, 3.63) is 63.1 Å². The first-order valence-corrected chi connectivity index (χ1v) is 6.63. The van der Waals surface area contributed by atoms with Gasteiger partial charge in [0, 0.05) is 10.6 Å². The molecule has 0 unspecified atom stereocenters. The molecule has 18 heavy (non-hydrogen) atoms. The summed E-state index contributed by atoms with van der Waals surface area (Å²) in [5.41, 5.74) is 1.74. The zero-order chi connectivity index (χ0) is 13.0. The van der Waals surface area contributed by atoms with Gasteiger partial charge in [0.05, 0.1) is 11.1 Å². The van der Waals surface area contributed by atoms with Gasteiger partial charge in [0.2, 0.25) is 0 Å². The molecule has 0 aliphatic heterocycles. The van der Waals surface area contributed by atoms with E-state index in [4.69, 9.17) is 16.3 Å². The average molecular weight is 328 g/mol. The van der Waals surface area contributed by atoms with E-state index in [0.717, 1.165) is 15.6 Å². The summed E-state index contributed by atoms with van der Waals surface area (Å²) in [5.74, 6) is 0.667. The topological polar surface area (TPSA) is 29.5 Å². The lowest BCUT2D eigenvalue weighted by molar-refractivity contribution is 0.258. The molecule has 0 bridgehead atoms. The van der Waals surface area contributed by atoms with Gasteiger partial charge in [-0.25, -0.2) is 0 Å². The summed E-state index contributed by atoms with van der Waals surface area (Å²) in [6, 6.07) is 13.1. The summed E-state index contributed by atoms with van der Waals surface area (Å²) in [7, 11) is 0. The van der Waals surface area contributed by atoms with E-state index < -0.39 is 0 Å². The molecular formula is C14H12BrClO2. The Kier molecular flexibility index (Phi) is 4.64. The number of aliphatic hydroxyl groups excluding tert-OH is 1. The molecule has 2 aromatic rings. The van der Waals surface area contributed by atoms with E-state index in [1.165, 1.54) is 0 Å². The van der Waals surface area contributed by atoms with E-state index in [1.54, 1.807) is 0 Å². The number of aliphatic hydroxyl groups is 1. The summed E-state index contributed by atoms with van der Waals surface area (Å²) < 4.78 is 6.56. The van der Waals surface area contributed by atoms with E-state index in [1.807, 2.05) is 42.5 Å². The minimum absolute atomic E-state index is 0.0513. The number of rotatable bonds is 4. The van der Waals surface area contributed by atoms with E-state index >= 15 is 0 Å². The van der Waals surface area contributed by atoms with Crippen molar-refractivity contribution in [2.45, 2.75) is 13.2 Å². The van der Waals surface area contributed by atoms with Crippen molar-refractivity contribution in [1.82, 2.24) is 0 Å². The van der Waals surface area contributed by atoms with Gasteiger partial charge < -0.3 is 9.84 Å². The molecule has 0 amide bonds. The van der Waals surface area contributed by atoms with Crippen molar-refractivity contribution in [2.24, 2.45) is 0 Å². The average Bonchev–Trinajstić information content (AvgIpc) is 2.37. The van der Waals surface area contributed by atoms with Crippen LogP contribution in [0.4, 0.5) is 0 Å². The molecule has 0 atom stereocenters. The van der Waals surface area contributed by atoms with Gasteiger partial charge in [-0.15, -0.1) is 0 Å². The highest BCUT2D eigenvalue weighted by Crippen LogP contribution is 2.30. The Labute approximate surface area is 119 Å². The minimum Gasteiger partial charge on any atom is -0.487 e. The predicted octanol–water partition coefficient (Wildman–Crippen LogP) is 4.17. The van der Waals surface area contributed by atoms with Crippen molar-refractivity contribution in [1.29, 1.82) is 0 Å². The van der Waals surface area contributed by atoms with Crippen LogP contribution in [0.2, 0.25) is 5.02 Å². The van der Waals surface area contributed by atoms with E-state index in [2.05, 4.69) is 15.9 Å². The van der Waals surface area contributed by atoms with Gasteiger partial charge in [-0.05, 0) is 39.7 Å². The maximum atomic E-state index is 9.26. The predicted molar refractivity (Wildman–Crippen MR) is 75.8 cm³/mol. The van der Waals surface area contributed by atoms with Crippen molar-refractivity contribution in [3.63, 3.8) is 0 Å². The van der Waals surface area contributed by atoms with Gasteiger partial charge in [0.15, 0.2) is 0 Å². The van der Waals surface area contributed by atoms with Gasteiger partial charge in [-0.2, -0.15) is 0 Å². The zero-order valence-corrected chi connectivity index (χ0v) is 11.9. The van der Waals surface area contributed by atoms with Crippen LogP contribution < -0.4 is 4.74 Å². The number of hydrogen-bond donors (Lipinski definition) is 1. The second-order valence-electron chi connectivity index (χ2n) is 3.80. The first-order chi connectivity index (χ1) is 8.70. The highest BCUT2D eigenvalue weighted by Gasteiger charge is 2.07. The molecule has 0 spiro atoms. The molecule has 0 heterocycles. The molecule has 0 saturated carbocycles. The van der Waals surface area contributed by atoms with Crippen LogP contribution in [0.15, 0.2) is 46.9 Å². The Morgan fingerprint density at radius 2 is 1.94 bits per heavy atom. The number of benzene rings is 2. The molecule has 2 nitrogen and oxygen atoms in total. The zero-order valence-electron chi connectivity index (χ0n) is 9.57. The number of hydrogen-bond acceptors (Lipinski definition) is 2. The molecule has 2 rings (SSSR count). The minimum atomic E-state index is -0.0513. The Morgan fingerprint density at radius 1 is 1.17 bits per heavy atom. The van der Waals surface area contributed by atoms with E-state index in [-0.39, 0.29) is 6.61 Å². The number of halogens is 2. The monoisotopic (exact) mass is 326 g/mol. The van der Waals surface area contributed by atoms with Gasteiger partial charge >= 0.3 is 0 Å². The first-order valence-electron chi connectivity index (χ1n) is 5.46. The molecule has 0 aliphatic rings. The van der Waals surface area contributed by atoms with Gasteiger partial charge in [-0.1, -0.05) is 35.9 Å². The molecule has 1 N–H and O–H groups in total. The van der Waals surface area contributed by atoms with Crippen molar-refractivity contribution < 1.29 is 9.84 Å². The lowest BCUT2D eigenvalue weighted by atomic mass is 10.2. The fourth-order valence-electron chi connectivity index (χ4n) is 1.62. The van der Waals surface area contributed by atoms with Crippen LogP contribution in [-0.2, 0) is 13.2 Å². The van der Waals surface area contributed by atoms with Crippen LogP contribution >= 0.6 is 27.5 Å². The van der Waals surface area contributed by atoms with Crippen LogP contribution in [0.25, 0.3) is 0 Å². The fourth-order valence-corrected chi connectivity index (χ4v) is 2.36. The molecule has 0 aromatic heterocycles. The van der Waals surface area contributed by atoms with E-state index in [9.17, 15) is 5.11 Å². The largest absolute Gasteiger partial charge is 0.487 e. The van der Waals surface area contributed by atoms with Gasteiger partial charge in [0.25, 0.3) is 0 Å².